The maximum absolute atomic E-state index is 11.6. The van der Waals surface area contributed by atoms with E-state index in [2.05, 4.69) is 0 Å². The first kappa shape index (κ1) is 17.5. The summed E-state index contributed by atoms with van der Waals surface area (Å²) >= 11 is 5.82. The van der Waals surface area contributed by atoms with Gasteiger partial charge in [0, 0.05) is 23.2 Å². The molecule has 0 aliphatic heterocycles. The third kappa shape index (κ3) is 5.73. The zero-order valence-electron chi connectivity index (χ0n) is 12.6. The van der Waals surface area contributed by atoms with Crippen LogP contribution in [-0.2, 0) is 9.53 Å². The molecule has 2 aromatic rings. The molecule has 0 amide bonds. The smallest absolute Gasteiger partial charge is 0.330 e. The average Bonchev–Trinajstić information content (AvgIpc) is 2.57. The number of benzene rings is 2. The van der Waals surface area contributed by atoms with Crippen LogP contribution in [0.5, 0.6) is 5.75 Å². The molecule has 6 nitrogen and oxygen atoms in total. The summed E-state index contributed by atoms with van der Waals surface area (Å²) in [7, 11) is 0. The number of esters is 1. The number of carbonyl (C=O) groups excluding carboxylic acids is 1. The van der Waals surface area contributed by atoms with Gasteiger partial charge in [-0.2, -0.15) is 0 Å². The first-order valence-electron chi connectivity index (χ1n) is 7.02. The van der Waals surface area contributed by atoms with E-state index in [0.29, 0.717) is 16.3 Å². The number of nitrogens with zero attached hydrogens (tertiary/aromatic N) is 1. The van der Waals surface area contributed by atoms with Gasteiger partial charge in [-0.05, 0) is 42.0 Å². The van der Waals surface area contributed by atoms with Crippen LogP contribution in [0, 0.1) is 10.1 Å². The van der Waals surface area contributed by atoms with Crippen LogP contribution in [0.2, 0.25) is 5.02 Å². The van der Waals surface area contributed by atoms with Crippen LogP contribution in [0.3, 0.4) is 0 Å². The molecule has 0 heterocycles. The highest BCUT2D eigenvalue weighted by atomic mass is 35.5. The summed E-state index contributed by atoms with van der Waals surface area (Å²) in [5, 5.41) is 11.1. The van der Waals surface area contributed by atoms with Crippen molar-refractivity contribution in [1.82, 2.24) is 0 Å². The molecule has 124 valence electrons. The lowest BCUT2D eigenvalue weighted by molar-refractivity contribution is -0.384. The highest BCUT2D eigenvalue weighted by Crippen LogP contribution is 2.17. The van der Waals surface area contributed by atoms with Crippen LogP contribution in [0.15, 0.2) is 54.6 Å². The Morgan fingerprint density at radius 1 is 1.17 bits per heavy atom. The molecular weight excluding hydrogens is 334 g/mol. The fraction of sp³-hybridized carbons (Fsp3) is 0.118. The van der Waals surface area contributed by atoms with Crippen LogP contribution in [0.1, 0.15) is 5.56 Å². The second-order valence-corrected chi connectivity index (χ2v) is 5.09. The van der Waals surface area contributed by atoms with Crippen molar-refractivity contribution in [2.45, 2.75) is 0 Å². The Morgan fingerprint density at radius 2 is 1.92 bits per heavy atom. The van der Waals surface area contributed by atoms with Crippen molar-refractivity contribution in [3.05, 3.63) is 75.3 Å². The van der Waals surface area contributed by atoms with Gasteiger partial charge in [-0.25, -0.2) is 4.79 Å². The van der Waals surface area contributed by atoms with Crippen molar-refractivity contribution in [3.63, 3.8) is 0 Å². The molecule has 0 atom stereocenters. The number of ether oxygens (including phenoxy) is 2. The van der Waals surface area contributed by atoms with Crippen molar-refractivity contribution in [3.8, 4) is 5.75 Å². The van der Waals surface area contributed by atoms with Gasteiger partial charge >= 0.3 is 5.97 Å². The van der Waals surface area contributed by atoms with Crippen molar-refractivity contribution in [2.75, 3.05) is 13.2 Å². The summed E-state index contributed by atoms with van der Waals surface area (Å²) in [5.74, 6) is 0.0722. The molecule has 0 aliphatic rings. The molecule has 0 radical (unpaired) electrons. The quantitative estimate of drug-likeness (QED) is 0.250. The Morgan fingerprint density at radius 3 is 2.58 bits per heavy atom. The molecule has 2 aromatic carbocycles. The topological polar surface area (TPSA) is 78.7 Å². The van der Waals surface area contributed by atoms with Crippen LogP contribution in [0.25, 0.3) is 6.08 Å². The average molecular weight is 348 g/mol. The highest BCUT2D eigenvalue weighted by Gasteiger charge is 2.03. The van der Waals surface area contributed by atoms with Crippen LogP contribution in [-0.4, -0.2) is 24.1 Å². The molecule has 0 unspecified atom stereocenters. The van der Waals surface area contributed by atoms with Gasteiger partial charge < -0.3 is 9.47 Å². The summed E-state index contributed by atoms with van der Waals surface area (Å²) < 4.78 is 10.4. The van der Waals surface area contributed by atoms with Crippen LogP contribution < -0.4 is 4.74 Å². The predicted octanol–water partition coefficient (Wildman–Crippen LogP) is 3.88. The third-order valence-electron chi connectivity index (χ3n) is 2.91. The molecule has 0 fully saturated rings. The minimum atomic E-state index is -0.525. The predicted molar refractivity (Wildman–Crippen MR) is 90.0 cm³/mol. The van der Waals surface area contributed by atoms with Gasteiger partial charge in [0.15, 0.2) is 0 Å². The van der Waals surface area contributed by atoms with E-state index in [4.69, 9.17) is 21.1 Å². The number of non-ortho nitro benzene ring substituents is 1. The van der Waals surface area contributed by atoms with E-state index in [0.717, 1.165) is 0 Å². The number of nitro benzene ring substituents is 1. The van der Waals surface area contributed by atoms with E-state index in [1.54, 1.807) is 36.4 Å². The minimum absolute atomic E-state index is 0.00658. The Labute approximate surface area is 143 Å². The molecule has 0 saturated carbocycles. The van der Waals surface area contributed by atoms with Crippen molar-refractivity contribution >= 4 is 29.3 Å². The zero-order chi connectivity index (χ0) is 17.4. The van der Waals surface area contributed by atoms with E-state index < -0.39 is 10.9 Å². The van der Waals surface area contributed by atoms with Gasteiger partial charge in [-0.15, -0.1) is 0 Å². The van der Waals surface area contributed by atoms with Gasteiger partial charge in [0.1, 0.15) is 19.0 Å². The first-order chi connectivity index (χ1) is 11.5. The number of hydrogen-bond acceptors (Lipinski definition) is 5. The Kier molecular flexibility index (Phi) is 6.33. The fourth-order valence-corrected chi connectivity index (χ4v) is 1.96. The molecule has 24 heavy (non-hydrogen) atoms. The molecule has 0 aromatic heterocycles. The van der Waals surface area contributed by atoms with Gasteiger partial charge in [-0.1, -0.05) is 17.7 Å². The highest BCUT2D eigenvalue weighted by molar-refractivity contribution is 6.30. The van der Waals surface area contributed by atoms with E-state index in [9.17, 15) is 14.9 Å². The van der Waals surface area contributed by atoms with Crippen molar-refractivity contribution in [1.29, 1.82) is 0 Å². The Bertz CT molecular complexity index is 743. The molecule has 2 rings (SSSR count). The maximum atomic E-state index is 11.6. The molecule has 0 aliphatic carbocycles. The van der Waals surface area contributed by atoms with E-state index >= 15 is 0 Å². The fourth-order valence-electron chi connectivity index (χ4n) is 1.78. The zero-order valence-corrected chi connectivity index (χ0v) is 13.3. The first-order valence-corrected chi connectivity index (χ1v) is 7.40. The van der Waals surface area contributed by atoms with Gasteiger partial charge in [0.05, 0.1) is 4.92 Å². The summed E-state index contributed by atoms with van der Waals surface area (Å²) in [5.41, 5.74) is 0.653. The van der Waals surface area contributed by atoms with Crippen LogP contribution >= 0.6 is 11.6 Å². The number of hydrogen-bond donors (Lipinski definition) is 0. The van der Waals surface area contributed by atoms with Crippen molar-refractivity contribution < 1.29 is 19.2 Å². The molecule has 7 heteroatoms. The molecule has 0 saturated heterocycles. The Balaban J connectivity index is 1.73. The normalized spacial score (nSPS) is 10.5. The number of carbonyl (C=O) groups is 1. The minimum Gasteiger partial charge on any atom is -0.490 e. The standard InChI is InChI=1S/C17H14ClNO5/c18-14-2-1-3-16(12-14)23-10-11-24-17(20)9-6-13-4-7-15(8-5-13)19(21)22/h1-9,12H,10-11H2/b9-6+. The van der Waals surface area contributed by atoms with Gasteiger partial charge in [-0.3, -0.25) is 10.1 Å². The maximum Gasteiger partial charge on any atom is 0.330 e. The second-order valence-electron chi connectivity index (χ2n) is 4.66. The van der Waals surface area contributed by atoms with E-state index in [-0.39, 0.29) is 18.9 Å². The van der Waals surface area contributed by atoms with Gasteiger partial charge in [0.2, 0.25) is 0 Å². The van der Waals surface area contributed by atoms with E-state index in [1.165, 1.54) is 24.3 Å². The lowest BCUT2D eigenvalue weighted by atomic mass is 10.2. The lowest BCUT2D eigenvalue weighted by Gasteiger charge is -2.06. The molecule has 0 spiro atoms. The largest absolute Gasteiger partial charge is 0.490 e. The Hall–Kier alpha value is -2.86. The molecular formula is C17H14ClNO5. The molecule has 0 bridgehead atoms. The summed E-state index contributed by atoms with van der Waals surface area (Å²) in [6, 6.07) is 12.7. The summed E-state index contributed by atoms with van der Waals surface area (Å²) in [6.07, 6.45) is 2.77. The SMILES string of the molecule is O=C(/C=C/c1ccc([N+](=O)[O-])cc1)OCCOc1cccc(Cl)c1. The third-order valence-corrected chi connectivity index (χ3v) is 3.14. The lowest BCUT2D eigenvalue weighted by Crippen LogP contribution is -2.10. The van der Waals surface area contributed by atoms with Crippen molar-refractivity contribution in [2.24, 2.45) is 0 Å². The second kappa shape index (κ2) is 8.69. The number of halogens is 1. The van der Waals surface area contributed by atoms with Gasteiger partial charge in [0.25, 0.3) is 5.69 Å². The monoisotopic (exact) mass is 347 g/mol. The summed E-state index contributed by atoms with van der Waals surface area (Å²) in [6.45, 7) is 0.299. The van der Waals surface area contributed by atoms with E-state index in [1.807, 2.05) is 0 Å². The summed E-state index contributed by atoms with van der Waals surface area (Å²) in [4.78, 5) is 21.6. The molecule has 0 N–H and O–H groups in total. The number of rotatable bonds is 7. The number of nitro groups is 1. The van der Waals surface area contributed by atoms with Crippen LogP contribution in [0.4, 0.5) is 5.69 Å².